The number of nitrogens with one attached hydrogen (secondary N) is 2. The van der Waals surface area contributed by atoms with Gasteiger partial charge in [-0.3, -0.25) is 0 Å². The van der Waals surface area contributed by atoms with E-state index in [2.05, 4.69) is 69.7 Å². The normalized spacial score (nSPS) is 12.1. The summed E-state index contributed by atoms with van der Waals surface area (Å²) in [5.41, 5.74) is 16.2. The molecule has 6 rings (SSSR count). The van der Waals surface area contributed by atoms with E-state index in [1.165, 1.54) is 47.6 Å². The number of H-pyrrole nitrogens is 2. The quantitative estimate of drug-likeness (QED) is 0.121. The van der Waals surface area contributed by atoms with Crippen LogP contribution in [0.2, 0.25) is 0 Å². The predicted molar refractivity (Wildman–Crippen MR) is 199 cm³/mol. The van der Waals surface area contributed by atoms with E-state index in [4.69, 9.17) is 19.4 Å². The third-order valence-electron chi connectivity index (χ3n) is 9.81. The number of aromatic nitrogens is 4. The number of carbonyl (C=O) groups is 2. The third-order valence-corrected chi connectivity index (χ3v) is 9.81. The van der Waals surface area contributed by atoms with Crippen molar-refractivity contribution in [2.75, 3.05) is 14.2 Å². The summed E-state index contributed by atoms with van der Waals surface area (Å²) in [6.07, 6.45) is 5.09. The summed E-state index contributed by atoms with van der Waals surface area (Å²) in [6, 6.07) is 11.9. The first-order valence-corrected chi connectivity index (χ1v) is 17.1. The Morgan fingerprint density at radius 3 is 1.39 bits per heavy atom. The monoisotopic (exact) mass is 764 g/mol. The molecule has 8 nitrogen and oxygen atoms in total. The van der Waals surface area contributed by atoms with E-state index in [1.54, 1.807) is 6.07 Å². The zero-order chi connectivity index (χ0) is 34.3. The van der Waals surface area contributed by atoms with Crippen molar-refractivity contribution < 1.29 is 19.1 Å². The first-order valence-electron chi connectivity index (χ1n) is 17.1. The molecule has 0 saturated carbocycles. The zero-order valence-corrected chi connectivity index (χ0v) is 32.6. The van der Waals surface area contributed by atoms with Gasteiger partial charge in [-0.05, 0) is 102 Å². The van der Waals surface area contributed by atoms with Crippen molar-refractivity contribution in [2.24, 2.45) is 0 Å². The SMILES string of the molecule is CCC1=C(CC)c2cc3[nH]c(cc4nc(cc5[nH]c(cc1n2)c(CC)c5CC)-c1ccc(C(=O)OC)c(C(=O)OC)c1-4)c(CC)c3CC.[Sn+4]. The molecule has 49 heavy (non-hydrogen) atoms. The summed E-state index contributed by atoms with van der Waals surface area (Å²) in [4.78, 5) is 44.3. The zero-order valence-electron chi connectivity index (χ0n) is 29.7. The van der Waals surface area contributed by atoms with Crippen molar-refractivity contribution in [3.8, 4) is 22.5 Å². The van der Waals surface area contributed by atoms with Gasteiger partial charge < -0.3 is 19.4 Å². The van der Waals surface area contributed by atoms with Crippen LogP contribution in [0.3, 0.4) is 0 Å². The number of methoxy groups -OCH3 is 2. The van der Waals surface area contributed by atoms with Crippen LogP contribution in [0.4, 0.5) is 0 Å². The summed E-state index contributed by atoms with van der Waals surface area (Å²) in [5, 5.41) is 0. The Kier molecular flexibility index (Phi) is 10.9. The van der Waals surface area contributed by atoms with Gasteiger partial charge in [-0.15, -0.1) is 0 Å². The van der Waals surface area contributed by atoms with Crippen LogP contribution in [0, 0.1) is 0 Å². The molecule has 248 valence electrons. The standard InChI is InChI=1S/C40H44N4O4.Sn/c1-9-21-22(10-2)30-18-32-25(13-5)26(14-6)34(43-32)20-36-37-27(15-16-28(39(45)47-7)38(37)40(46)48-8)35(44-36)19-33-24(12-4)23(11-3)31(42-33)17-29(21)41-30;/h15-20,42-43H,9-14H2,1-8H3;/q;+4. The number of nitrogens with zero attached hydrogens (tertiary/aromatic N) is 2. The van der Waals surface area contributed by atoms with E-state index < -0.39 is 11.9 Å². The molecule has 0 saturated heterocycles. The molecule has 0 spiro atoms. The van der Waals surface area contributed by atoms with Crippen LogP contribution in [0.1, 0.15) is 109 Å². The van der Waals surface area contributed by atoms with Gasteiger partial charge in [0.05, 0.1) is 48.1 Å². The first kappa shape index (κ1) is 36.1. The second-order valence-electron chi connectivity index (χ2n) is 12.1. The van der Waals surface area contributed by atoms with Crippen molar-refractivity contribution in [3.63, 3.8) is 0 Å². The molecule has 8 bridgehead atoms. The van der Waals surface area contributed by atoms with Gasteiger partial charge in [-0.25, -0.2) is 19.6 Å². The number of carbonyl (C=O) groups excluding carboxylic acids is 2. The molecule has 4 aromatic rings. The van der Waals surface area contributed by atoms with Gasteiger partial charge in [0.2, 0.25) is 0 Å². The molecule has 0 radical (unpaired) electrons. The van der Waals surface area contributed by atoms with Gasteiger partial charge >= 0.3 is 35.8 Å². The molecule has 9 heteroatoms. The number of ether oxygens (including phenoxy) is 2. The fourth-order valence-electron chi connectivity index (χ4n) is 7.64. The van der Waals surface area contributed by atoms with Crippen molar-refractivity contribution >= 4 is 69.1 Å². The maximum atomic E-state index is 13.4. The molecule has 0 atom stereocenters. The van der Waals surface area contributed by atoms with Gasteiger partial charge in [-0.2, -0.15) is 0 Å². The molecule has 0 amide bonds. The van der Waals surface area contributed by atoms with Crippen LogP contribution >= 0.6 is 0 Å². The molecule has 0 aliphatic carbocycles. The molecular formula is C40H44N4O4Sn+4. The topological polar surface area (TPSA) is 110 Å². The van der Waals surface area contributed by atoms with E-state index in [9.17, 15) is 9.59 Å². The number of hydrogen-bond acceptors (Lipinski definition) is 6. The second-order valence-corrected chi connectivity index (χ2v) is 12.1. The van der Waals surface area contributed by atoms with E-state index in [1.807, 2.05) is 12.1 Å². The molecule has 3 aromatic heterocycles. The summed E-state index contributed by atoms with van der Waals surface area (Å²) in [7, 11) is 2.63. The number of fused-ring (bicyclic) bond motifs is 11. The second kappa shape index (κ2) is 14.7. The molecule has 5 heterocycles. The molecular weight excluding hydrogens is 719 g/mol. The summed E-state index contributed by atoms with van der Waals surface area (Å²) in [6.45, 7) is 13.1. The minimum absolute atomic E-state index is 0. The average Bonchev–Trinajstić information content (AvgIpc) is 3.82. The Bertz CT molecular complexity index is 2170. The molecule has 0 fully saturated rings. The molecule has 2 aliphatic heterocycles. The number of rotatable bonds is 8. The van der Waals surface area contributed by atoms with Crippen molar-refractivity contribution in [3.05, 3.63) is 81.2 Å². The van der Waals surface area contributed by atoms with Gasteiger partial charge in [0.1, 0.15) is 0 Å². The number of aryl methyl sites for hydroxylation is 4. The van der Waals surface area contributed by atoms with Crippen LogP contribution in [0.5, 0.6) is 0 Å². The summed E-state index contributed by atoms with van der Waals surface area (Å²) >= 11 is 0. The van der Waals surface area contributed by atoms with Gasteiger partial charge in [-0.1, -0.05) is 47.6 Å². The van der Waals surface area contributed by atoms with Crippen molar-refractivity contribution in [2.45, 2.75) is 80.1 Å². The van der Waals surface area contributed by atoms with Crippen molar-refractivity contribution in [1.29, 1.82) is 0 Å². The smallest absolute Gasteiger partial charge is 0.465 e. The Morgan fingerprint density at radius 1 is 0.571 bits per heavy atom. The Morgan fingerprint density at radius 2 is 0.980 bits per heavy atom. The van der Waals surface area contributed by atoms with E-state index in [0.717, 1.165) is 77.5 Å². The van der Waals surface area contributed by atoms with Crippen molar-refractivity contribution in [1.82, 2.24) is 19.9 Å². The maximum Gasteiger partial charge on any atom is 4.00 e. The molecule has 2 aliphatic rings. The summed E-state index contributed by atoms with van der Waals surface area (Å²) in [5.74, 6) is -1.24. The largest absolute Gasteiger partial charge is 4.00 e. The van der Waals surface area contributed by atoms with Crippen LogP contribution in [0.25, 0.3) is 55.7 Å². The van der Waals surface area contributed by atoms with Crippen LogP contribution in [0.15, 0.2) is 36.4 Å². The van der Waals surface area contributed by atoms with E-state index >= 15 is 0 Å². The third kappa shape index (κ3) is 6.02. The Labute approximate surface area is 304 Å². The summed E-state index contributed by atoms with van der Waals surface area (Å²) < 4.78 is 10.3. The average molecular weight is 764 g/mol. The van der Waals surface area contributed by atoms with Crippen LogP contribution in [-0.2, 0) is 35.2 Å². The van der Waals surface area contributed by atoms with Crippen LogP contribution < -0.4 is 0 Å². The number of hydrogen-bond donors (Lipinski definition) is 2. The molecule has 0 unspecified atom stereocenters. The fraction of sp³-hybridized carbons (Fsp3) is 0.350. The van der Waals surface area contributed by atoms with Gasteiger partial charge in [0, 0.05) is 33.2 Å². The molecule has 2 N–H and O–H groups in total. The van der Waals surface area contributed by atoms with Gasteiger partial charge in [0.15, 0.2) is 0 Å². The minimum Gasteiger partial charge on any atom is -0.465 e. The Hall–Kier alpha value is -4.18. The molecule has 1 aromatic carbocycles. The Balaban J connectivity index is 0.00000468. The van der Waals surface area contributed by atoms with E-state index in [0.29, 0.717) is 17.0 Å². The van der Waals surface area contributed by atoms with Gasteiger partial charge in [0.25, 0.3) is 0 Å². The number of esters is 2. The first-order chi connectivity index (χ1) is 23.3. The number of allylic oxidation sites excluding steroid dienone is 2. The minimum atomic E-state index is -0.623. The predicted octanol–water partition coefficient (Wildman–Crippen LogP) is 8.82. The van der Waals surface area contributed by atoms with E-state index in [-0.39, 0.29) is 35.0 Å². The van der Waals surface area contributed by atoms with Crippen LogP contribution in [-0.4, -0.2) is 70.0 Å². The number of benzene rings is 1. The fourth-order valence-corrected chi connectivity index (χ4v) is 7.64. The maximum absolute atomic E-state index is 13.4. The number of aromatic amines is 2.